The molecule has 0 radical (unpaired) electrons. The molecule has 0 rings (SSSR count). The summed E-state index contributed by atoms with van der Waals surface area (Å²) in [6, 6.07) is 0. The molecule has 0 atom stereocenters. The predicted molar refractivity (Wildman–Crippen MR) is 57.2 cm³/mol. The second-order valence-electron chi connectivity index (χ2n) is 4.70. The van der Waals surface area contributed by atoms with E-state index in [4.69, 9.17) is 0 Å². The molecule has 0 aliphatic carbocycles. The van der Waals surface area contributed by atoms with Crippen LogP contribution in [0.4, 0.5) is 0 Å². The average Bonchev–Trinajstić information content (AvgIpc) is 2.02. The Bertz CT molecular complexity index is 170. The Balaban J connectivity index is 4.33. The van der Waals surface area contributed by atoms with Crippen molar-refractivity contribution >= 4 is 0 Å². The van der Waals surface area contributed by atoms with Gasteiger partial charge in [-0.1, -0.05) is 52.8 Å². The zero-order valence-corrected chi connectivity index (χ0v) is 9.15. The summed E-state index contributed by atoms with van der Waals surface area (Å²) in [5.74, 6) is 0. The topological polar surface area (TPSA) is 0 Å². The highest BCUT2D eigenvalue weighted by Crippen LogP contribution is 2.26. The van der Waals surface area contributed by atoms with Gasteiger partial charge in [0.25, 0.3) is 0 Å². The van der Waals surface area contributed by atoms with Crippen molar-refractivity contribution in [1.29, 1.82) is 0 Å². The molecule has 0 bridgehead atoms. The lowest BCUT2D eigenvalue weighted by Crippen LogP contribution is -2.08. The number of rotatable bonds is 4. The van der Waals surface area contributed by atoms with Crippen molar-refractivity contribution < 1.29 is 0 Å². The Hall–Kier alpha value is -0.520. The molecular formula is C12H22. The van der Waals surface area contributed by atoms with Gasteiger partial charge in [0.05, 0.1) is 0 Å². The van der Waals surface area contributed by atoms with Gasteiger partial charge < -0.3 is 0 Å². The molecule has 0 saturated carbocycles. The molecule has 0 saturated heterocycles. The van der Waals surface area contributed by atoms with Gasteiger partial charge in [-0.3, -0.25) is 0 Å². The van der Waals surface area contributed by atoms with E-state index in [0.29, 0.717) is 5.41 Å². The summed E-state index contributed by atoms with van der Waals surface area (Å²) < 4.78 is 0. The molecule has 0 aromatic carbocycles. The van der Waals surface area contributed by atoms with Crippen LogP contribution in [0, 0.1) is 10.8 Å². The summed E-state index contributed by atoms with van der Waals surface area (Å²) in [7, 11) is 0. The standard InChI is InChI=1S/C12H22/c1-7-11(3,4)9-10-12(5,6)8-2/h7,9-10H,1,8H2,2-6H3. The highest BCUT2D eigenvalue weighted by atomic mass is 14.2. The first-order valence-electron chi connectivity index (χ1n) is 4.67. The fourth-order valence-electron chi connectivity index (χ4n) is 0.626. The van der Waals surface area contributed by atoms with Crippen LogP contribution in [0.3, 0.4) is 0 Å². The van der Waals surface area contributed by atoms with Gasteiger partial charge in [-0.05, 0) is 11.8 Å². The normalized spacial score (nSPS) is 13.8. The van der Waals surface area contributed by atoms with E-state index >= 15 is 0 Å². The van der Waals surface area contributed by atoms with Crippen LogP contribution in [0.5, 0.6) is 0 Å². The van der Waals surface area contributed by atoms with E-state index in [0.717, 1.165) is 0 Å². The zero-order chi connectivity index (χ0) is 9.83. The molecule has 0 unspecified atom stereocenters. The lowest BCUT2D eigenvalue weighted by atomic mass is 9.85. The lowest BCUT2D eigenvalue weighted by Gasteiger charge is -2.21. The van der Waals surface area contributed by atoms with E-state index < -0.39 is 0 Å². The third-order valence-electron chi connectivity index (χ3n) is 2.40. The summed E-state index contributed by atoms with van der Waals surface area (Å²) in [6.07, 6.45) is 7.68. The maximum absolute atomic E-state index is 3.81. The molecule has 0 amide bonds. The smallest absolute Gasteiger partial charge is 0.000193 e. The molecule has 0 heterocycles. The van der Waals surface area contributed by atoms with E-state index in [-0.39, 0.29) is 5.41 Å². The van der Waals surface area contributed by atoms with Gasteiger partial charge >= 0.3 is 0 Å². The first kappa shape index (κ1) is 11.5. The SMILES string of the molecule is C=CC(C)(C)C=CC(C)(C)CC. The number of hydrogen-bond acceptors (Lipinski definition) is 0. The van der Waals surface area contributed by atoms with Crippen molar-refractivity contribution in [3.05, 3.63) is 24.8 Å². The molecule has 0 heteroatoms. The van der Waals surface area contributed by atoms with Gasteiger partial charge in [0.1, 0.15) is 0 Å². The van der Waals surface area contributed by atoms with Gasteiger partial charge in [0.15, 0.2) is 0 Å². The first-order chi connectivity index (χ1) is 5.33. The Morgan fingerprint density at radius 2 is 1.58 bits per heavy atom. The molecule has 0 aliphatic rings. The molecule has 0 N–H and O–H groups in total. The summed E-state index contributed by atoms with van der Waals surface area (Å²) in [4.78, 5) is 0. The highest BCUT2D eigenvalue weighted by Gasteiger charge is 2.13. The predicted octanol–water partition coefficient (Wildman–Crippen LogP) is 4.19. The third kappa shape index (κ3) is 4.38. The minimum atomic E-state index is 0.131. The average molecular weight is 166 g/mol. The Morgan fingerprint density at radius 3 is 1.92 bits per heavy atom. The van der Waals surface area contributed by atoms with E-state index in [1.165, 1.54) is 6.42 Å². The van der Waals surface area contributed by atoms with Crippen LogP contribution in [0.1, 0.15) is 41.0 Å². The maximum Gasteiger partial charge on any atom is 0.000193 e. The molecule has 0 nitrogen and oxygen atoms in total. The van der Waals surface area contributed by atoms with Crippen molar-refractivity contribution in [3.63, 3.8) is 0 Å². The van der Waals surface area contributed by atoms with Crippen LogP contribution >= 0.6 is 0 Å². The van der Waals surface area contributed by atoms with Crippen LogP contribution in [-0.4, -0.2) is 0 Å². The Labute approximate surface area is 77.4 Å². The molecule has 0 aromatic heterocycles. The zero-order valence-electron chi connectivity index (χ0n) is 9.15. The van der Waals surface area contributed by atoms with Crippen LogP contribution in [0.25, 0.3) is 0 Å². The largest absolute Gasteiger partial charge is 0.102 e. The van der Waals surface area contributed by atoms with E-state index in [9.17, 15) is 0 Å². The Kier molecular flexibility index (Phi) is 3.76. The summed E-state index contributed by atoms with van der Waals surface area (Å²) in [5.41, 5.74) is 0.451. The van der Waals surface area contributed by atoms with Crippen molar-refractivity contribution in [2.45, 2.75) is 41.0 Å². The van der Waals surface area contributed by atoms with Gasteiger partial charge in [-0.25, -0.2) is 0 Å². The molecule has 0 aliphatic heterocycles. The van der Waals surface area contributed by atoms with Gasteiger partial charge in [0, 0.05) is 5.41 Å². The Morgan fingerprint density at radius 1 is 1.08 bits per heavy atom. The first-order valence-corrected chi connectivity index (χ1v) is 4.67. The second-order valence-corrected chi connectivity index (χ2v) is 4.70. The number of hydrogen-bond donors (Lipinski definition) is 0. The molecule has 0 spiro atoms. The van der Waals surface area contributed by atoms with E-state index in [1.807, 2.05) is 6.08 Å². The van der Waals surface area contributed by atoms with Crippen molar-refractivity contribution in [2.24, 2.45) is 10.8 Å². The molecular weight excluding hydrogens is 144 g/mol. The van der Waals surface area contributed by atoms with Crippen molar-refractivity contribution in [1.82, 2.24) is 0 Å². The lowest BCUT2D eigenvalue weighted by molar-refractivity contribution is 0.454. The second kappa shape index (κ2) is 3.93. The summed E-state index contributed by atoms with van der Waals surface area (Å²) in [6.45, 7) is 14.9. The fraction of sp³-hybridized carbons (Fsp3) is 0.667. The van der Waals surface area contributed by atoms with Crippen LogP contribution in [0.15, 0.2) is 24.8 Å². The number of allylic oxidation sites excluding steroid dienone is 3. The quantitative estimate of drug-likeness (QED) is 0.549. The van der Waals surface area contributed by atoms with Gasteiger partial charge in [-0.15, -0.1) is 6.58 Å². The highest BCUT2D eigenvalue weighted by molar-refractivity contribution is 5.07. The van der Waals surface area contributed by atoms with E-state index in [1.54, 1.807) is 0 Å². The van der Waals surface area contributed by atoms with Crippen LogP contribution < -0.4 is 0 Å². The molecule has 12 heavy (non-hydrogen) atoms. The van der Waals surface area contributed by atoms with Crippen molar-refractivity contribution in [2.75, 3.05) is 0 Å². The van der Waals surface area contributed by atoms with Gasteiger partial charge in [-0.2, -0.15) is 0 Å². The molecule has 0 fully saturated rings. The van der Waals surface area contributed by atoms with Crippen molar-refractivity contribution in [3.8, 4) is 0 Å². The monoisotopic (exact) mass is 166 g/mol. The summed E-state index contributed by atoms with van der Waals surface area (Å²) in [5, 5.41) is 0. The minimum absolute atomic E-state index is 0.131. The fourth-order valence-corrected chi connectivity index (χ4v) is 0.626. The summed E-state index contributed by atoms with van der Waals surface area (Å²) >= 11 is 0. The third-order valence-corrected chi connectivity index (χ3v) is 2.40. The van der Waals surface area contributed by atoms with E-state index in [2.05, 4.69) is 53.3 Å². The van der Waals surface area contributed by atoms with Gasteiger partial charge in [0.2, 0.25) is 0 Å². The maximum atomic E-state index is 3.81. The van der Waals surface area contributed by atoms with Crippen LogP contribution in [-0.2, 0) is 0 Å². The minimum Gasteiger partial charge on any atom is -0.102 e. The molecule has 70 valence electrons. The molecule has 0 aromatic rings. The van der Waals surface area contributed by atoms with Crippen LogP contribution in [0.2, 0.25) is 0 Å².